The highest BCUT2D eigenvalue weighted by Crippen LogP contribution is 2.12. The fraction of sp³-hybridized carbons (Fsp3) is 0.267. The number of rotatable bonds is 3. The summed E-state index contributed by atoms with van der Waals surface area (Å²) in [5, 5.41) is 4.74. The molecule has 0 aliphatic carbocycles. The smallest absolute Gasteiger partial charge is 0.272 e. The average Bonchev–Trinajstić information content (AvgIpc) is 2.41. The lowest BCUT2D eigenvalue weighted by Crippen LogP contribution is -2.41. The largest absolute Gasteiger partial charge is 0.326 e. The molecule has 1 aliphatic rings. The number of piperidine rings is 1. The first-order valence-corrected chi connectivity index (χ1v) is 6.75. The minimum Gasteiger partial charge on any atom is -0.326 e. The summed E-state index contributed by atoms with van der Waals surface area (Å²) in [6, 6.07) is 6.83. The molecule has 1 fully saturated rings. The van der Waals surface area contributed by atoms with Crippen molar-refractivity contribution in [2.24, 2.45) is 4.99 Å². The van der Waals surface area contributed by atoms with Crippen LogP contribution in [0.3, 0.4) is 0 Å². The van der Waals surface area contributed by atoms with Crippen LogP contribution in [0.5, 0.6) is 0 Å². The Balaban J connectivity index is 2.04. The fourth-order valence-corrected chi connectivity index (χ4v) is 2.04. The third-order valence-corrected chi connectivity index (χ3v) is 2.97. The van der Waals surface area contributed by atoms with Crippen LogP contribution >= 0.6 is 0 Å². The van der Waals surface area contributed by atoms with Gasteiger partial charge in [-0.1, -0.05) is 12.1 Å². The van der Waals surface area contributed by atoms with E-state index in [0.717, 1.165) is 0 Å². The molecular weight excluding hydrogens is 286 g/mol. The number of benzene rings is 1. The van der Waals surface area contributed by atoms with Gasteiger partial charge in [0.1, 0.15) is 5.71 Å². The second-order valence-corrected chi connectivity index (χ2v) is 4.89. The molecule has 0 spiro atoms. The van der Waals surface area contributed by atoms with Crippen molar-refractivity contribution in [1.29, 1.82) is 0 Å². The Hall–Kier alpha value is -2.83. The van der Waals surface area contributed by atoms with Gasteiger partial charge in [0.2, 0.25) is 11.8 Å². The maximum absolute atomic E-state index is 11.9. The predicted molar refractivity (Wildman–Crippen MR) is 79.3 cm³/mol. The van der Waals surface area contributed by atoms with Gasteiger partial charge in [0.15, 0.2) is 0 Å². The zero-order chi connectivity index (χ0) is 16.1. The number of nitrogens with one attached hydrogen (secondary N) is 2. The van der Waals surface area contributed by atoms with Gasteiger partial charge in [0, 0.05) is 25.5 Å². The monoisotopic (exact) mass is 301 g/mol. The molecule has 2 rings (SSSR count). The lowest BCUT2D eigenvalue weighted by Gasteiger charge is -2.11. The Bertz CT molecular complexity index is 679. The van der Waals surface area contributed by atoms with Crippen molar-refractivity contribution in [1.82, 2.24) is 5.32 Å². The van der Waals surface area contributed by atoms with Crippen LogP contribution in [0.15, 0.2) is 29.3 Å². The molecule has 0 saturated carbocycles. The molecule has 1 aliphatic heterocycles. The van der Waals surface area contributed by atoms with Gasteiger partial charge in [0.25, 0.3) is 11.8 Å². The fourth-order valence-electron chi connectivity index (χ4n) is 2.04. The van der Waals surface area contributed by atoms with Crippen molar-refractivity contribution in [3.8, 4) is 0 Å². The Morgan fingerprint density at radius 3 is 2.73 bits per heavy atom. The van der Waals surface area contributed by atoms with Crippen molar-refractivity contribution in [3.05, 3.63) is 29.8 Å². The van der Waals surface area contributed by atoms with Gasteiger partial charge >= 0.3 is 0 Å². The number of hydrogen-bond donors (Lipinski definition) is 2. The summed E-state index contributed by atoms with van der Waals surface area (Å²) in [4.78, 5) is 49.2. The second kappa shape index (κ2) is 6.75. The van der Waals surface area contributed by atoms with Crippen molar-refractivity contribution in [2.75, 3.05) is 5.32 Å². The van der Waals surface area contributed by atoms with Crippen LogP contribution in [0.1, 0.15) is 25.3 Å². The summed E-state index contributed by atoms with van der Waals surface area (Å²) in [7, 11) is 0. The SMILES string of the molecule is CC(=O)Nc1cccc(CC(=O)N=C2CCC(=O)NC2=O)c1. The molecule has 7 heteroatoms. The summed E-state index contributed by atoms with van der Waals surface area (Å²) < 4.78 is 0. The molecule has 0 unspecified atom stereocenters. The maximum atomic E-state index is 11.9. The van der Waals surface area contributed by atoms with Crippen LogP contribution in [0.2, 0.25) is 0 Å². The zero-order valence-corrected chi connectivity index (χ0v) is 12.0. The molecule has 114 valence electrons. The van der Waals surface area contributed by atoms with E-state index in [1.165, 1.54) is 6.92 Å². The molecule has 1 aromatic rings. The molecule has 1 aromatic carbocycles. The van der Waals surface area contributed by atoms with Gasteiger partial charge in [-0.05, 0) is 17.7 Å². The summed E-state index contributed by atoms with van der Waals surface area (Å²) in [6.07, 6.45) is 0.330. The van der Waals surface area contributed by atoms with Crippen molar-refractivity contribution >= 4 is 35.0 Å². The summed E-state index contributed by atoms with van der Waals surface area (Å²) in [6.45, 7) is 1.40. The average molecular weight is 301 g/mol. The Morgan fingerprint density at radius 2 is 2.05 bits per heavy atom. The second-order valence-electron chi connectivity index (χ2n) is 4.89. The van der Waals surface area contributed by atoms with E-state index in [1.807, 2.05) is 0 Å². The Labute approximate surface area is 126 Å². The molecular formula is C15H15N3O4. The zero-order valence-electron chi connectivity index (χ0n) is 12.0. The predicted octanol–water partition coefficient (Wildman–Crippen LogP) is 0.592. The quantitative estimate of drug-likeness (QED) is 0.797. The van der Waals surface area contributed by atoms with Crippen LogP contribution in [0.25, 0.3) is 0 Å². The third kappa shape index (κ3) is 4.34. The maximum Gasteiger partial charge on any atom is 0.272 e. The third-order valence-electron chi connectivity index (χ3n) is 2.97. The standard InChI is InChI=1S/C15H15N3O4/c1-9(19)16-11-4-2-3-10(7-11)8-14(21)17-12-5-6-13(20)18-15(12)22/h2-4,7H,5-6,8H2,1H3,(H,16,19)(H,18,20,22). The molecule has 7 nitrogen and oxygen atoms in total. The normalized spacial score (nSPS) is 16.3. The van der Waals surface area contributed by atoms with Crippen molar-refractivity contribution < 1.29 is 19.2 Å². The van der Waals surface area contributed by atoms with Gasteiger partial charge < -0.3 is 5.32 Å². The summed E-state index contributed by atoms with van der Waals surface area (Å²) in [5.74, 6) is -1.65. The summed E-state index contributed by atoms with van der Waals surface area (Å²) in [5.41, 5.74) is 1.34. The topological polar surface area (TPSA) is 105 Å². The first kappa shape index (κ1) is 15.6. The number of anilines is 1. The first-order chi connectivity index (χ1) is 10.4. The number of amides is 4. The molecule has 0 atom stereocenters. The van der Waals surface area contributed by atoms with E-state index in [2.05, 4.69) is 15.6 Å². The van der Waals surface area contributed by atoms with Gasteiger partial charge in [0.05, 0.1) is 6.42 Å². The van der Waals surface area contributed by atoms with E-state index >= 15 is 0 Å². The van der Waals surface area contributed by atoms with Gasteiger partial charge in [-0.15, -0.1) is 0 Å². The Morgan fingerprint density at radius 1 is 1.27 bits per heavy atom. The number of carbonyl (C=O) groups is 4. The molecule has 0 bridgehead atoms. The molecule has 22 heavy (non-hydrogen) atoms. The van der Waals surface area contributed by atoms with Gasteiger partial charge in [-0.2, -0.15) is 0 Å². The van der Waals surface area contributed by atoms with Gasteiger partial charge in [-0.3, -0.25) is 24.5 Å². The Kier molecular flexibility index (Phi) is 4.77. The van der Waals surface area contributed by atoms with Crippen LogP contribution in [-0.2, 0) is 25.6 Å². The number of hydrogen-bond acceptors (Lipinski definition) is 4. The van der Waals surface area contributed by atoms with Crippen LogP contribution in [-0.4, -0.2) is 29.3 Å². The van der Waals surface area contributed by atoms with E-state index in [4.69, 9.17) is 0 Å². The van der Waals surface area contributed by atoms with Crippen LogP contribution < -0.4 is 10.6 Å². The van der Waals surface area contributed by atoms with E-state index in [1.54, 1.807) is 24.3 Å². The molecule has 2 N–H and O–H groups in total. The van der Waals surface area contributed by atoms with Crippen molar-refractivity contribution in [3.63, 3.8) is 0 Å². The first-order valence-electron chi connectivity index (χ1n) is 6.75. The highest BCUT2D eigenvalue weighted by atomic mass is 16.2. The molecule has 1 saturated heterocycles. The lowest BCUT2D eigenvalue weighted by molar-refractivity contribution is -0.128. The van der Waals surface area contributed by atoms with E-state index < -0.39 is 11.8 Å². The van der Waals surface area contributed by atoms with E-state index in [0.29, 0.717) is 11.3 Å². The lowest BCUT2D eigenvalue weighted by atomic mass is 10.1. The molecule has 0 aromatic heterocycles. The number of imide groups is 1. The van der Waals surface area contributed by atoms with E-state index in [-0.39, 0.29) is 36.8 Å². The van der Waals surface area contributed by atoms with Crippen LogP contribution in [0.4, 0.5) is 5.69 Å². The molecule has 1 heterocycles. The number of aliphatic imine (C=N–C) groups is 1. The van der Waals surface area contributed by atoms with Crippen LogP contribution in [0, 0.1) is 0 Å². The summed E-state index contributed by atoms with van der Waals surface area (Å²) >= 11 is 0. The van der Waals surface area contributed by atoms with Crippen molar-refractivity contribution in [2.45, 2.75) is 26.2 Å². The molecule has 4 amide bonds. The van der Waals surface area contributed by atoms with E-state index in [9.17, 15) is 19.2 Å². The minimum absolute atomic E-state index is 0.0121. The highest BCUT2D eigenvalue weighted by Gasteiger charge is 2.22. The number of nitrogens with zero attached hydrogens (tertiary/aromatic N) is 1. The van der Waals surface area contributed by atoms with Gasteiger partial charge in [-0.25, -0.2) is 4.99 Å². The molecule has 0 radical (unpaired) electrons. The number of carbonyl (C=O) groups excluding carboxylic acids is 4. The minimum atomic E-state index is -0.614. The highest BCUT2D eigenvalue weighted by molar-refractivity contribution is 6.44.